The van der Waals surface area contributed by atoms with Crippen LogP contribution in [-0.4, -0.2) is 30.2 Å². The summed E-state index contributed by atoms with van der Waals surface area (Å²) in [5.41, 5.74) is 1.16. The fourth-order valence-corrected chi connectivity index (χ4v) is 2.67. The van der Waals surface area contributed by atoms with E-state index in [2.05, 4.69) is 13.8 Å². The van der Waals surface area contributed by atoms with Crippen molar-refractivity contribution in [2.24, 2.45) is 11.8 Å². The highest BCUT2D eigenvalue weighted by atomic mass is 35.5. The van der Waals surface area contributed by atoms with E-state index in [1.54, 1.807) is 23.1 Å². The number of halogens is 1. The fourth-order valence-electron chi connectivity index (χ4n) is 2.51. The highest BCUT2D eigenvalue weighted by Gasteiger charge is 2.36. The lowest BCUT2D eigenvalue weighted by Gasteiger charge is -2.37. The Morgan fingerprint density at radius 2 is 2.00 bits per heavy atom. The van der Waals surface area contributed by atoms with E-state index in [-0.39, 0.29) is 23.5 Å². The van der Waals surface area contributed by atoms with Crippen molar-refractivity contribution in [2.45, 2.75) is 33.8 Å². The molecule has 1 heterocycles. The molecule has 1 unspecified atom stereocenters. The second-order valence-corrected chi connectivity index (χ2v) is 6.63. The first kappa shape index (κ1) is 16.8. The number of anilines is 1. The van der Waals surface area contributed by atoms with Crippen molar-refractivity contribution >= 4 is 29.0 Å². The number of rotatable bonds is 5. The maximum atomic E-state index is 12.7. The first-order valence-electron chi connectivity index (χ1n) is 7.56. The van der Waals surface area contributed by atoms with E-state index >= 15 is 0 Å². The number of benzene rings is 1. The summed E-state index contributed by atoms with van der Waals surface area (Å²) in [5, 5.41) is 0. The molecule has 4 nitrogen and oxygen atoms in total. The SMILES string of the molecule is CC(C)CN1C(=O)C(C(C)C)Oc2ccc(C(=O)CCl)cc21. The average molecular weight is 324 g/mol. The summed E-state index contributed by atoms with van der Waals surface area (Å²) in [5.74, 6) is 0.755. The van der Waals surface area contributed by atoms with Gasteiger partial charge in [0.05, 0.1) is 11.6 Å². The molecule has 1 aliphatic heterocycles. The number of hydrogen-bond donors (Lipinski definition) is 0. The smallest absolute Gasteiger partial charge is 0.268 e. The van der Waals surface area contributed by atoms with Crippen LogP contribution >= 0.6 is 11.6 Å². The van der Waals surface area contributed by atoms with Crippen molar-refractivity contribution < 1.29 is 14.3 Å². The average Bonchev–Trinajstić information content (AvgIpc) is 2.47. The second kappa shape index (κ2) is 6.69. The number of fused-ring (bicyclic) bond motifs is 1. The molecule has 1 amide bonds. The molecule has 5 heteroatoms. The van der Waals surface area contributed by atoms with E-state index in [0.717, 1.165) is 0 Å². The van der Waals surface area contributed by atoms with Crippen LogP contribution < -0.4 is 9.64 Å². The Kier molecular flexibility index (Phi) is 5.12. The second-order valence-electron chi connectivity index (χ2n) is 6.36. The Hall–Kier alpha value is -1.55. The van der Waals surface area contributed by atoms with Gasteiger partial charge in [0.25, 0.3) is 5.91 Å². The number of ether oxygens (including phenoxy) is 1. The summed E-state index contributed by atoms with van der Waals surface area (Å²) < 4.78 is 5.85. The van der Waals surface area contributed by atoms with Gasteiger partial charge in [0.2, 0.25) is 0 Å². The van der Waals surface area contributed by atoms with Gasteiger partial charge in [-0.25, -0.2) is 0 Å². The van der Waals surface area contributed by atoms with Gasteiger partial charge in [0, 0.05) is 12.1 Å². The van der Waals surface area contributed by atoms with Crippen LogP contribution in [0.4, 0.5) is 5.69 Å². The molecule has 120 valence electrons. The van der Waals surface area contributed by atoms with Crippen molar-refractivity contribution in [2.75, 3.05) is 17.3 Å². The summed E-state index contributed by atoms with van der Waals surface area (Å²) in [6, 6.07) is 5.16. The topological polar surface area (TPSA) is 46.6 Å². The van der Waals surface area contributed by atoms with Crippen molar-refractivity contribution in [3.05, 3.63) is 23.8 Å². The molecule has 1 aliphatic rings. The van der Waals surface area contributed by atoms with Crippen LogP contribution in [0.15, 0.2) is 18.2 Å². The molecular formula is C17H22ClNO3. The minimum atomic E-state index is -0.485. The molecule has 1 aromatic rings. The third-order valence-electron chi connectivity index (χ3n) is 3.61. The minimum absolute atomic E-state index is 0.0494. The summed E-state index contributed by atoms with van der Waals surface area (Å²) in [6.45, 7) is 8.64. The highest BCUT2D eigenvalue weighted by Crippen LogP contribution is 2.37. The molecule has 0 aromatic heterocycles. The molecule has 1 aromatic carbocycles. The van der Waals surface area contributed by atoms with Gasteiger partial charge in [-0.1, -0.05) is 27.7 Å². The third-order valence-corrected chi connectivity index (χ3v) is 3.85. The van der Waals surface area contributed by atoms with Crippen LogP contribution in [0, 0.1) is 11.8 Å². The number of Topliss-reactive ketones (excluding diaryl/α,β-unsaturated/α-hetero) is 1. The van der Waals surface area contributed by atoms with Gasteiger partial charge in [-0.3, -0.25) is 9.59 Å². The quantitative estimate of drug-likeness (QED) is 0.615. The number of ketones is 1. The summed E-state index contributed by atoms with van der Waals surface area (Å²) >= 11 is 5.62. The number of carbonyl (C=O) groups excluding carboxylic acids is 2. The maximum Gasteiger partial charge on any atom is 0.268 e. The zero-order valence-electron chi connectivity index (χ0n) is 13.4. The predicted octanol–water partition coefficient (Wildman–Crippen LogP) is 3.51. The van der Waals surface area contributed by atoms with E-state index in [9.17, 15) is 9.59 Å². The van der Waals surface area contributed by atoms with E-state index in [4.69, 9.17) is 16.3 Å². The van der Waals surface area contributed by atoms with Gasteiger partial charge in [-0.05, 0) is 30.0 Å². The molecule has 0 bridgehead atoms. The lowest BCUT2D eigenvalue weighted by molar-refractivity contribution is -0.128. The van der Waals surface area contributed by atoms with E-state index in [1.165, 1.54) is 0 Å². The monoisotopic (exact) mass is 323 g/mol. The van der Waals surface area contributed by atoms with Gasteiger partial charge < -0.3 is 9.64 Å². The van der Waals surface area contributed by atoms with E-state index in [0.29, 0.717) is 29.5 Å². The summed E-state index contributed by atoms with van der Waals surface area (Å²) in [7, 11) is 0. The van der Waals surface area contributed by atoms with Crippen LogP contribution in [0.3, 0.4) is 0 Å². The van der Waals surface area contributed by atoms with Gasteiger partial charge in [0.15, 0.2) is 11.9 Å². The number of alkyl halides is 1. The van der Waals surface area contributed by atoms with Crippen LogP contribution in [0.1, 0.15) is 38.1 Å². The Morgan fingerprint density at radius 1 is 1.32 bits per heavy atom. The molecule has 0 aliphatic carbocycles. The van der Waals surface area contributed by atoms with Crippen molar-refractivity contribution in [1.82, 2.24) is 0 Å². The third kappa shape index (κ3) is 3.27. The Morgan fingerprint density at radius 3 is 2.55 bits per heavy atom. The number of hydrogen-bond acceptors (Lipinski definition) is 3. The molecule has 0 saturated heterocycles. The Bertz CT molecular complexity index is 583. The first-order valence-corrected chi connectivity index (χ1v) is 8.09. The molecule has 22 heavy (non-hydrogen) atoms. The van der Waals surface area contributed by atoms with Gasteiger partial charge >= 0.3 is 0 Å². The van der Waals surface area contributed by atoms with Gasteiger partial charge in [-0.15, -0.1) is 11.6 Å². The van der Waals surface area contributed by atoms with E-state index < -0.39 is 6.10 Å². The Balaban J connectivity index is 2.47. The zero-order chi connectivity index (χ0) is 16.4. The molecule has 0 saturated carbocycles. The van der Waals surface area contributed by atoms with Crippen LogP contribution in [-0.2, 0) is 4.79 Å². The van der Waals surface area contributed by atoms with Crippen LogP contribution in [0.25, 0.3) is 0 Å². The number of carbonyl (C=O) groups is 2. The molecule has 0 spiro atoms. The standard InChI is InChI=1S/C17H22ClNO3/c1-10(2)9-19-13-7-12(14(20)8-18)5-6-15(13)22-16(11(3)4)17(19)21/h5-7,10-11,16H,8-9H2,1-4H3. The fraction of sp³-hybridized carbons (Fsp3) is 0.529. The minimum Gasteiger partial charge on any atom is -0.478 e. The lowest BCUT2D eigenvalue weighted by atomic mass is 10.0. The molecule has 1 atom stereocenters. The molecule has 0 fully saturated rings. The first-order chi connectivity index (χ1) is 10.3. The van der Waals surface area contributed by atoms with Crippen molar-refractivity contribution in [3.8, 4) is 5.75 Å². The molecular weight excluding hydrogens is 302 g/mol. The van der Waals surface area contributed by atoms with Crippen LogP contribution in [0.5, 0.6) is 5.75 Å². The molecule has 0 radical (unpaired) electrons. The Labute approximate surface area is 136 Å². The summed E-state index contributed by atoms with van der Waals surface area (Å²) in [6.07, 6.45) is -0.485. The van der Waals surface area contributed by atoms with Crippen molar-refractivity contribution in [1.29, 1.82) is 0 Å². The molecule has 0 N–H and O–H groups in total. The lowest BCUT2D eigenvalue weighted by Crippen LogP contribution is -2.49. The molecule has 2 rings (SSSR count). The summed E-state index contributed by atoms with van der Waals surface area (Å²) in [4.78, 5) is 26.2. The van der Waals surface area contributed by atoms with Crippen molar-refractivity contribution in [3.63, 3.8) is 0 Å². The highest BCUT2D eigenvalue weighted by molar-refractivity contribution is 6.30. The largest absolute Gasteiger partial charge is 0.478 e. The van der Waals surface area contributed by atoms with Gasteiger partial charge in [0.1, 0.15) is 5.75 Å². The number of nitrogens with zero attached hydrogens (tertiary/aromatic N) is 1. The predicted molar refractivity (Wildman–Crippen MR) is 87.9 cm³/mol. The zero-order valence-corrected chi connectivity index (χ0v) is 14.2. The van der Waals surface area contributed by atoms with Gasteiger partial charge in [-0.2, -0.15) is 0 Å². The number of amides is 1. The maximum absolute atomic E-state index is 12.7. The van der Waals surface area contributed by atoms with Crippen LogP contribution in [0.2, 0.25) is 0 Å². The van der Waals surface area contributed by atoms with E-state index in [1.807, 2.05) is 13.8 Å². The normalized spacial score (nSPS) is 17.7.